The second-order valence-electron chi connectivity index (χ2n) is 5.74. The molecule has 2 amide bonds. The van der Waals surface area contributed by atoms with E-state index in [0.29, 0.717) is 19.4 Å². The second-order valence-corrected chi connectivity index (χ2v) is 5.74. The predicted octanol–water partition coefficient (Wildman–Crippen LogP) is 3.04. The lowest BCUT2D eigenvalue weighted by atomic mass is 9.82. The Kier molecular flexibility index (Phi) is 7.41. The van der Waals surface area contributed by atoms with Crippen LogP contribution in [0.5, 0.6) is 0 Å². The molecule has 0 atom stereocenters. The van der Waals surface area contributed by atoms with Crippen molar-refractivity contribution in [3.63, 3.8) is 0 Å². The fourth-order valence-corrected chi connectivity index (χ4v) is 2.74. The SMILES string of the molecule is CCCCCCCNC(=O)NC1(C(=O)O)CCCCC1. The standard InChI is InChI=1S/C15H28N2O3/c1-2-3-4-5-9-12-16-14(20)17-15(13(18)19)10-7-6-8-11-15/h2-12H2,1H3,(H,18,19)(H2,16,17,20). The maximum absolute atomic E-state index is 11.8. The number of rotatable bonds is 8. The van der Waals surface area contributed by atoms with Crippen molar-refractivity contribution in [3.05, 3.63) is 0 Å². The Morgan fingerprint density at radius 2 is 1.70 bits per heavy atom. The van der Waals surface area contributed by atoms with Gasteiger partial charge in [0.25, 0.3) is 0 Å². The van der Waals surface area contributed by atoms with Gasteiger partial charge in [-0.25, -0.2) is 9.59 Å². The van der Waals surface area contributed by atoms with Crippen LogP contribution >= 0.6 is 0 Å². The third-order valence-corrected chi connectivity index (χ3v) is 4.04. The Bertz CT molecular complexity index is 312. The minimum atomic E-state index is -1.05. The Hall–Kier alpha value is -1.26. The summed E-state index contributed by atoms with van der Waals surface area (Å²) in [4.78, 5) is 23.2. The van der Waals surface area contributed by atoms with E-state index in [-0.39, 0.29) is 6.03 Å². The van der Waals surface area contributed by atoms with Crippen molar-refractivity contribution in [3.8, 4) is 0 Å². The zero-order valence-electron chi connectivity index (χ0n) is 12.5. The van der Waals surface area contributed by atoms with Crippen molar-refractivity contribution < 1.29 is 14.7 Å². The molecule has 1 fully saturated rings. The van der Waals surface area contributed by atoms with Crippen LogP contribution in [0.25, 0.3) is 0 Å². The van der Waals surface area contributed by atoms with Crippen LogP contribution in [-0.2, 0) is 4.79 Å². The molecule has 0 aromatic heterocycles. The molecule has 1 rings (SSSR count). The molecule has 0 saturated heterocycles. The van der Waals surface area contributed by atoms with Crippen LogP contribution in [0.4, 0.5) is 4.79 Å². The number of carboxylic acids is 1. The Morgan fingerprint density at radius 3 is 2.30 bits per heavy atom. The summed E-state index contributed by atoms with van der Waals surface area (Å²) in [6.07, 6.45) is 9.54. The van der Waals surface area contributed by atoms with E-state index in [1.165, 1.54) is 19.3 Å². The van der Waals surface area contributed by atoms with Gasteiger partial charge in [-0.2, -0.15) is 0 Å². The Labute approximate surface area is 121 Å². The number of hydrogen-bond acceptors (Lipinski definition) is 2. The summed E-state index contributed by atoms with van der Waals surface area (Å²) in [6, 6.07) is -0.343. The van der Waals surface area contributed by atoms with Crippen LogP contribution < -0.4 is 10.6 Å². The molecule has 0 spiro atoms. The van der Waals surface area contributed by atoms with Crippen molar-refractivity contribution in [2.45, 2.75) is 76.7 Å². The molecule has 0 aromatic carbocycles. The van der Waals surface area contributed by atoms with Crippen LogP contribution in [0.2, 0.25) is 0 Å². The predicted molar refractivity (Wildman–Crippen MR) is 78.7 cm³/mol. The first-order chi connectivity index (χ1) is 9.60. The summed E-state index contributed by atoms with van der Waals surface area (Å²) in [7, 11) is 0. The molecule has 1 aliphatic rings. The third-order valence-electron chi connectivity index (χ3n) is 4.04. The minimum absolute atomic E-state index is 0.343. The van der Waals surface area contributed by atoms with Gasteiger partial charge in [0.05, 0.1) is 0 Å². The summed E-state index contributed by atoms with van der Waals surface area (Å²) in [5.74, 6) is -0.907. The van der Waals surface area contributed by atoms with Gasteiger partial charge in [-0.15, -0.1) is 0 Å². The summed E-state index contributed by atoms with van der Waals surface area (Å²) < 4.78 is 0. The molecule has 0 bridgehead atoms. The van der Waals surface area contributed by atoms with E-state index < -0.39 is 11.5 Å². The van der Waals surface area contributed by atoms with Crippen LogP contribution in [0, 0.1) is 0 Å². The monoisotopic (exact) mass is 284 g/mol. The van der Waals surface area contributed by atoms with Crippen molar-refractivity contribution >= 4 is 12.0 Å². The minimum Gasteiger partial charge on any atom is -0.480 e. The van der Waals surface area contributed by atoms with Gasteiger partial charge in [-0.05, 0) is 19.3 Å². The van der Waals surface area contributed by atoms with Crippen molar-refractivity contribution in [2.75, 3.05) is 6.54 Å². The number of nitrogens with one attached hydrogen (secondary N) is 2. The van der Waals surface area contributed by atoms with Crippen LogP contribution in [0.3, 0.4) is 0 Å². The van der Waals surface area contributed by atoms with Gasteiger partial charge in [-0.3, -0.25) is 0 Å². The maximum atomic E-state index is 11.8. The van der Waals surface area contributed by atoms with E-state index in [1.807, 2.05) is 0 Å². The first kappa shape index (κ1) is 16.8. The second kappa shape index (κ2) is 8.82. The van der Waals surface area contributed by atoms with E-state index in [2.05, 4.69) is 17.6 Å². The number of hydrogen-bond donors (Lipinski definition) is 3. The molecule has 1 saturated carbocycles. The third kappa shape index (κ3) is 5.39. The molecule has 0 aliphatic heterocycles. The van der Waals surface area contributed by atoms with Crippen molar-refractivity contribution in [2.24, 2.45) is 0 Å². The summed E-state index contributed by atoms with van der Waals surface area (Å²) in [5, 5.41) is 14.8. The summed E-state index contributed by atoms with van der Waals surface area (Å²) in [5.41, 5.74) is -1.05. The van der Waals surface area contributed by atoms with Gasteiger partial charge in [0.1, 0.15) is 5.54 Å². The molecule has 20 heavy (non-hydrogen) atoms. The lowest BCUT2D eigenvalue weighted by Gasteiger charge is -2.33. The van der Waals surface area contributed by atoms with E-state index in [0.717, 1.165) is 32.1 Å². The highest BCUT2D eigenvalue weighted by atomic mass is 16.4. The first-order valence-corrected chi connectivity index (χ1v) is 7.90. The lowest BCUT2D eigenvalue weighted by Crippen LogP contribution is -2.58. The van der Waals surface area contributed by atoms with Gasteiger partial charge in [0.15, 0.2) is 0 Å². The number of unbranched alkanes of at least 4 members (excludes halogenated alkanes) is 4. The summed E-state index contributed by atoms with van der Waals surface area (Å²) >= 11 is 0. The average molecular weight is 284 g/mol. The van der Waals surface area contributed by atoms with E-state index in [4.69, 9.17) is 0 Å². The highest BCUT2D eigenvalue weighted by Gasteiger charge is 2.40. The number of urea groups is 1. The van der Waals surface area contributed by atoms with Gasteiger partial charge in [-0.1, -0.05) is 51.9 Å². The molecule has 3 N–H and O–H groups in total. The molecule has 116 valence electrons. The number of carbonyl (C=O) groups excluding carboxylic acids is 1. The molecular formula is C15H28N2O3. The summed E-state index contributed by atoms with van der Waals surface area (Å²) in [6.45, 7) is 2.78. The van der Waals surface area contributed by atoms with Gasteiger partial charge in [0, 0.05) is 6.54 Å². The molecule has 0 unspecified atom stereocenters. The molecule has 0 radical (unpaired) electrons. The highest BCUT2D eigenvalue weighted by molar-refractivity contribution is 5.86. The zero-order valence-corrected chi connectivity index (χ0v) is 12.5. The molecular weight excluding hydrogens is 256 g/mol. The smallest absolute Gasteiger partial charge is 0.329 e. The van der Waals surface area contributed by atoms with Crippen LogP contribution in [0.1, 0.15) is 71.1 Å². The number of carbonyl (C=O) groups is 2. The van der Waals surface area contributed by atoms with Crippen molar-refractivity contribution in [1.82, 2.24) is 10.6 Å². The number of amides is 2. The Morgan fingerprint density at radius 1 is 1.05 bits per heavy atom. The zero-order chi connectivity index (χ0) is 14.8. The molecule has 5 heteroatoms. The van der Waals surface area contributed by atoms with Crippen molar-refractivity contribution in [1.29, 1.82) is 0 Å². The maximum Gasteiger partial charge on any atom is 0.329 e. The quantitative estimate of drug-likeness (QED) is 0.599. The molecule has 0 heterocycles. The average Bonchev–Trinajstić information content (AvgIpc) is 2.43. The lowest BCUT2D eigenvalue weighted by molar-refractivity contribution is -0.145. The fraction of sp³-hybridized carbons (Fsp3) is 0.867. The topological polar surface area (TPSA) is 78.4 Å². The fourth-order valence-electron chi connectivity index (χ4n) is 2.74. The van der Waals surface area contributed by atoms with Gasteiger partial charge in [0.2, 0.25) is 0 Å². The number of carboxylic acid groups (broad SMARTS) is 1. The van der Waals surface area contributed by atoms with E-state index in [9.17, 15) is 14.7 Å². The molecule has 1 aliphatic carbocycles. The van der Waals surface area contributed by atoms with Crippen LogP contribution in [-0.4, -0.2) is 29.2 Å². The molecule has 5 nitrogen and oxygen atoms in total. The first-order valence-electron chi connectivity index (χ1n) is 7.90. The van der Waals surface area contributed by atoms with E-state index >= 15 is 0 Å². The normalized spacial score (nSPS) is 17.4. The number of aliphatic carboxylic acids is 1. The largest absolute Gasteiger partial charge is 0.480 e. The van der Waals surface area contributed by atoms with E-state index in [1.54, 1.807) is 0 Å². The highest BCUT2D eigenvalue weighted by Crippen LogP contribution is 2.28. The van der Waals surface area contributed by atoms with Crippen LogP contribution in [0.15, 0.2) is 0 Å². The van der Waals surface area contributed by atoms with Gasteiger partial charge < -0.3 is 15.7 Å². The van der Waals surface area contributed by atoms with Gasteiger partial charge >= 0.3 is 12.0 Å². The molecule has 0 aromatic rings. The Balaban J connectivity index is 2.27.